The first-order valence-electron chi connectivity index (χ1n) is 12.7. The summed E-state index contributed by atoms with van der Waals surface area (Å²) in [6.45, 7) is 4.76. The van der Waals surface area contributed by atoms with Crippen molar-refractivity contribution in [3.63, 3.8) is 0 Å². The van der Waals surface area contributed by atoms with Crippen LogP contribution in [0.5, 0.6) is 11.5 Å². The van der Waals surface area contributed by atoms with E-state index >= 15 is 0 Å². The highest BCUT2D eigenvalue weighted by atomic mass is 19.1. The molecule has 8 heteroatoms. The quantitative estimate of drug-likeness (QED) is 0.432. The highest BCUT2D eigenvalue weighted by Gasteiger charge is 2.31. The fourth-order valence-corrected chi connectivity index (χ4v) is 5.23. The average Bonchev–Trinajstić information content (AvgIpc) is 3.32. The summed E-state index contributed by atoms with van der Waals surface area (Å²) in [6, 6.07) is 12.0. The topological polar surface area (TPSA) is 71.1 Å². The van der Waals surface area contributed by atoms with Gasteiger partial charge in [-0.3, -0.25) is 9.59 Å². The largest absolute Gasteiger partial charge is 0.497 e. The Morgan fingerprint density at radius 2 is 1.75 bits per heavy atom. The first kappa shape index (κ1) is 24.3. The van der Waals surface area contributed by atoms with Crippen LogP contribution in [0.1, 0.15) is 24.8 Å². The summed E-state index contributed by atoms with van der Waals surface area (Å²) >= 11 is 0. The predicted molar refractivity (Wildman–Crippen MR) is 139 cm³/mol. The molecule has 1 fully saturated rings. The molecule has 0 spiro atoms. The molecule has 2 aliphatic rings. The number of piperidine rings is 1. The fourth-order valence-electron chi connectivity index (χ4n) is 5.23. The van der Waals surface area contributed by atoms with Crippen LogP contribution in [-0.2, 0) is 6.42 Å². The number of halogens is 1. The molecule has 0 radical (unpaired) electrons. The van der Waals surface area contributed by atoms with Gasteiger partial charge in [0.2, 0.25) is 0 Å². The van der Waals surface area contributed by atoms with Gasteiger partial charge in [-0.2, -0.15) is 0 Å². The van der Waals surface area contributed by atoms with Crippen molar-refractivity contribution in [3.8, 4) is 11.5 Å². The Bertz CT molecular complexity index is 1260. The lowest BCUT2D eigenvalue weighted by Gasteiger charge is -2.32. The molecule has 0 bridgehead atoms. The number of anilines is 3. The smallest absolute Gasteiger partial charge is 0.253 e. The molecule has 0 unspecified atom stereocenters. The Labute approximate surface area is 210 Å². The molecule has 36 heavy (non-hydrogen) atoms. The van der Waals surface area contributed by atoms with Crippen LogP contribution in [0.4, 0.5) is 21.5 Å². The van der Waals surface area contributed by atoms with Crippen LogP contribution in [0, 0.1) is 11.7 Å². The first-order valence-corrected chi connectivity index (χ1v) is 12.7. The molecule has 3 aromatic carbocycles. The SMILES string of the molecule is COc1ccc2c(c1)N(c1c(NCCN3CCC(CCOc4ccc(F)cc4)CC3)c(=O)c1=O)CC2. The molecule has 0 saturated carbocycles. The van der Waals surface area contributed by atoms with E-state index in [0.29, 0.717) is 42.7 Å². The second-order valence-electron chi connectivity index (χ2n) is 9.58. The molecule has 0 aliphatic carbocycles. The van der Waals surface area contributed by atoms with E-state index in [4.69, 9.17) is 9.47 Å². The van der Waals surface area contributed by atoms with Gasteiger partial charge in [-0.1, -0.05) is 6.07 Å². The molecular weight excluding hydrogens is 461 g/mol. The van der Waals surface area contributed by atoms with E-state index in [9.17, 15) is 14.0 Å². The number of ether oxygens (including phenoxy) is 2. The molecule has 2 heterocycles. The molecule has 1 saturated heterocycles. The van der Waals surface area contributed by atoms with E-state index in [2.05, 4.69) is 10.2 Å². The maximum atomic E-state index is 13.0. The Morgan fingerprint density at radius 3 is 2.50 bits per heavy atom. The van der Waals surface area contributed by atoms with Crippen LogP contribution in [0.2, 0.25) is 0 Å². The number of benzene rings is 2. The minimum absolute atomic E-state index is 0.257. The minimum atomic E-state index is -0.429. The minimum Gasteiger partial charge on any atom is -0.497 e. The van der Waals surface area contributed by atoms with Crippen molar-refractivity contribution in [3.05, 3.63) is 74.3 Å². The fraction of sp³-hybridized carbons (Fsp3) is 0.429. The van der Waals surface area contributed by atoms with E-state index < -0.39 is 10.9 Å². The standard InChI is InChI=1S/C28H32FN3O4/c1-35-23-5-2-20-10-15-32(24(20)18-23)26-25(27(33)28(26)34)30-12-16-31-13-8-19(9-14-31)11-17-36-22-6-3-21(29)4-7-22/h2-7,18-19,30H,8-17H2,1H3. The van der Waals surface area contributed by atoms with Gasteiger partial charge in [-0.25, -0.2) is 4.39 Å². The Morgan fingerprint density at radius 1 is 1.00 bits per heavy atom. The highest BCUT2D eigenvalue weighted by molar-refractivity contribution is 5.83. The number of nitrogens with one attached hydrogen (secondary N) is 1. The van der Waals surface area contributed by atoms with E-state index in [1.54, 1.807) is 19.2 Å². The van der Waals surface area contributed by atoms with Gasteiger partial charge in [0.15, 0.2) is 0 Å². The third-order valence-electron chi connectivity index (χ3n) is 7.39. The van der Waals surface area contributed by atoms with Gasteiger partial charge in [0.25, 0.3) is 10.9 Å². The van der Waals surface area contributed by atoms with Crippen molar-refractivity contribution in [1.82, 2.24) is 4.90 Å². The van der Waals surface area contributed by atoms with Crippen molar-refractivity contribution >= 4 is 17.1 Å². The zero-order chi connectivity index (χ0) is 25.1. The zero-order valence-corrected chi connectivity index (χ0v) is 20.6. The molecule has 0 amide bonds. The third kappa shape index (κ3) is 5.09. The molecule has 3 aromatic rings. The lowest BCUT2D eigenvalue weighted by Crippen LogP contribution is -2.42. The normalized spacial score (nSPS) is 16.3. The van der Waals surface area contributed by atoms with Crippen LogP contribution in [0.25, 0.3) is 0 Å². The molecule has 5 rings (SSSR count). The van der Waals surface area contributed by atoms with Crippen LogP contribution < -0.4 is 30.5 Å². The molecule has 0 aromatic heterocycles. The second kappa shape index (κ2) is 10.7. The lowest BCUT2D eigenvalue weighted by molar-refractivity contribution is 0.167. The van der Waals surface area contributed by atoms with Crippen molar-refractivity contribution in [2.24, 2.45) is 5.92 Å². The number of hydrogen-bond acceptors (Lipinski definition) is 7. The monoisotopic (exact) mass is 493 g/mol. The average molecular weight is 494 g/mol. The van der Waals surface area contributed by atoms with Gasteiger partial charge in [0, 0.05) is 31.4 Å². The molecule has 190 valence electrons. The molecule has 2 aliphatic heterocycles. The van der Waals surface area contributed by atoms with Gasteiger partial charge >= 0.3 is 0 Å². The van der Waals surface area contributed by atoms with Crippen LogP contribution >= 0.6 is 0 Å². The number of hydrogen-bond donors (Lipinski definition) is 1. The van der Waals surface area contributed by atoms with Gasteiger partial charge in [0.1, 0.15) is 28.7 Å². The van der Waals surface area contributed by atoms with E-state index in [0.717, 1.165) is 62.3 Å². The predicted octanol–water partition coefficient (Wildman–Crippen LogP) is 3.72. The molecule has 1 N–H and O–H groups in total. The second-order valence-corrected chi connectivity index (χ2v) is 9.58. The van der Waals surface area contributed by atoms with Gasteiger partial charge < -0.3 is 24.6 Å². The van der Waals surface area contributed by atoms with Gasteiger partial charge in [-0.15, -0.1) is 0 Å². The summed E-state index contributed by atoms with van der Waals surface area (Å²) in [4.78, 5) is 29.1. The lowest BCUT2D eigenvalue weighted by atomic mass is 9.94. The summed E-state index contributed by atoms with van der Waals surface area (Å²) in [6.07, 6.45) is 4.02. The summed E-state index contributed by atoms with van der Waals surface area (Å²) in [5.41, 5.74) is 2.16. The van der Waals surface area contributed by atoms with Crippen molar-refractivity contribution in [1.29, 1.82) is 0 Å². The number of rotatable bonds is 10. The number of methoxy groups -OCH3 is 1. The van der Waals surface area contributed by atoms with Crippen molar-refractivity contribution < 1.29 is 13.9 Å². The van der Waals surface area contributed by atoms with Gasteiger partial charge in [0.05, 0.1) is 13.7 Å². The summed E-state index contributed by atoms with van der Waals surface area (Å²) in [5.74, 6) is 1.79. The maximum absolute atomic E-state index is 13.0. The Balaban J connectivity index is 1.08. The maximum Gasteiger partial charge on any atom is 0.253 e. The Hall–Kier alpha value is -3.39. The summed E-state index contributed by atoms with van der Waals surface area (Å²) in [7, 11) is 1.62. The number of fused-ring (bicyclic) bond motifs is 1. The number of nitrogens with zero attached hydrogens (tertiary/aromatic N) is 2. The van der Waals surface area contributed by atoms with Gasteiger partial charge in [-0.05, 0) is 80.6 Å². The molecule has 7 nitrogen and oxygen atoms in total. The van der Waals surface area contributed by atoms with Crippen LogP contribution in [0.15, 0.2) is 52.1 Å². The molecule has 0 atom stereocenters. The van der Waals surface area contributed by atoms with Crippen molar-refractivity contribution in [2.45, 2.75) is 25.7 Å². The van der Waals surface area contributed by atoms with E-state index in [1.807, 2.05) is 23.1 Å². The van der Waals surface area contributed by atoms with Crippen LogP contribution in [-0.4, -0.2) is 51.3 Å². The van der Waals surface area contributed by atoms with Crippen molar-refractivity contribution in [2.75, 3.05) is 56.7 Å². The summed E-state index contributed by atoms with van der Waals surface area (Å²) in [5, 5.41) is 3.25. The van der Waals surface area contributed by atoms with E-state index in [-0.39, 0.29) is 5.82 Å². The Kier molecular flexibility index (Phi) is 7.23. The third-order valence-corrected chi connectivity index (χ3v) is 7.39. The van der Waals surface area contributed by atoms with Crippen LogP contribution in [0.3, 0.4) is 0 Å². The summed E-state index contributed by atoms with van der Waals surface area (Å²) < 4.78 is 24.1. The first-order chi connectivity index (χ1) is 17.5. The number of likely N-dealkylation sites (tertiary alicyclic amines) is 1. The zero-order valence-electron chi connectivity index (χ0n) is 20.6. The van der Waals surface area contributed by atoms with E-state index in [1.165, 1.54) is 12.1 Å². The highest BCUT2D eigenvalue weighted by Crippen LogP contribution is 2.38. The molecular formula is C28H32FN3O4.